The maximum absolute atomic E-state index is 8.63. The highest BCUT2D eigenvalue weighted by Gasteiger charge is 1.99. The fourth-order valence-corrected chi connectivity index (χ4v) is 2.51. The van der Waals surface area contributed by atoms with Crippen molar-refractivity contribution in [2.75, 3.05) is 18.5 Å². The molecule has 1 rings (SSSR count). The number of anilines is 1. The van der Waals surface area contributed by atoms with Gasteiger partial charge in [-0.05, 0) is 53.6 Å². The number of hydrogen-bond acceptors (Lipinski definition) is 2. The second-order valence-electron chi connectivity index (χ2n) is 3.69. The molecule has 0 heterocycles. The predicted octanol–water partition coefficient (Wildman–Crippen LogP) is 3.91. The predicted molar refractivity (Wildman–Crippen MR) is 78.2 cm³/mol. The zero-order valence-electron chi connectivity index (χ0n) is 9.18. The molecule has 0 spiro atoms. The molecule has 2 N–H and O–H groups in total. The first-order valence-electron chi connectivity index (χ1n) is 5.54. The summed E-state index contributed by atoms with van der Waals surface area (Å²) in [5.74, 6) is 0. The Balaban J connectivity index is 2.21. The first-order chi connectivity index (χ1) is 7.74. The molecule has 0 unspecified atom stereocenters. The molecule has 0 saturated carbocycles. The Morgan fingerprint density at radius 1 is 1.19 bits per heavy atom. The average molecular weight is 354 g/mol. The van der Waals surface area contributed by atoms with E-state index < -0.39 is 0 Å². The Kier molecular flexibility index (Phi) is 7.16. The van der Waals surface area contributed by atoms with Crippen LogP contribution in [0.25, 0.3) is 0 Å². The molecule has 1 aromatic rings. The van der Waals surface area contributed by atoms with E-state index in [9.17, 15) is 0 Å². The molecule has 4 heteroatoms. The van der Waals surface area contributed by atoms with Gasteiger partial charge in [0.2, 0.25) is 0 Å². The molecule has 2 nitrogen and oxygen atoms in total. The molecule has 0 aliphatic rings. The van der Waals surface area contributed by atoms with Crippen LogP contribution in [0.4, 0.5) is 5.69 Å². The number of halogens is 2. The minimum Gasteiger partial charge on any atom is -0.396 e. The van der Waals surface area contributed by atoms with E-state index in [1.165, 1.54) is 0 Å². The molecule has 0 amide bonds. The van der Waals surface area contributed by atoms with Gasteiger partial charge < -0.3 is 10.4 Å². The summed E-state index contributed by atoms with van der Waals surface area (Å²) < 4.78 is 1.15. The highest BCUT2D eigenvalue weighted by molar-refractivity contribution is 14.1. The van der Waals surface area contributed by atoms with Crippen LogP contribution in [0, 0.1) is 3.57 Å². The Morgan fingerprint density at radius 2 is 1.94 bits per heavy atom. The maximum Gasteiger partial charge on any atom is 0.0476 e. The molecule has 0 fully saturated rings. The van der Waals surface area contributed by atoms with Crippen molar-refractivity contribution >= 4 is 39.9 Å². The van der Waals surface area contributed by atoms with E-state index in [1.54, 1.807) is 0 Å². The van der Waals surface area contributed by atoms with Crippen molar-refractivity contribution in [1.29, 1.82) is 0 Å². The monoisotopic (exact) mass is 353 g/mol. The van der Waals surface area contributed by atoms with Gasteiger partial charge in [-0.15, -0.1) is 0 Å². The van der Waals surface area contributed by atoms with E-state index in [0.29, 0.717) is 6.61 Å². The summed E-state index contributed by atoms with van der Waals surface area (Å²) >= 11 is 8.16. The summed E-state index contributed by atoms with van der Waals surface area (Å²) in [6.45, 7) is 1.28. The minimum absolute atomic E-state index is 0.308. The number of benzene rings is 1. The van der Waals surface area contributed by atoms with Crippen LogP contribution in [0.2, 0.25) is 5.02 Å². The van der Waals surface area contributed by atoms with Crippen LogP contribution in [-0.4, -0.2) is 18.3 Å². The first kappa shape index (κ1) is 14.1. The largest absolute Gasteiger partial charge is 0.396 e. The van der Waals surface area contributed by atoms with E-state index in [-0.39, 0.29) is 0 Å². The highest BCUT2D eigenvalue weighted by atomic mass is 127. The lowest BCUT2D eigenvalue weighted by atomic mass is 10.2. The third-order valence-electron chi connectivity index (χ3n) is 2.33. The van der Waals surface area contributed by atoms with Gasteiger partial charge in [-0.2, -0.15) is 0 Å². The van der Waals surface area contributed by atoms with Gasteiger partial charge in [0.15, 0.2) is 0 Å². The lowest BCUT2D eigenvalue weighted by Crippen LogP contribution is -2.02. The van der Waals surface area contributed by atoms with E-state index >= 15 is 0 Å². The molecule has 0 bridgehead atoms. The summed E-state index contributed by atoms with van der Waals surface area (Å²) in [5, 5.41) is 12.8. The number of aliphatic hydroxyl groups excluding tert-OH is 1. The molecule has 16 heavy (non-hydrogen) atoms. The van der Waals surface area contributed by atoms with E-state index in [4.69, 9.17) is 16.7 Å². The molecule has 0 radical (unpaired) electrons. The Bertz CT molecular complexity index is 320. The smallest absolute Gasteiger partial charge is 0.0476 e. The molecule has 0 saturated heterocycles. The first-order valence-corrected chi connectivity index (χ1v) is 6.99. The van der Waals surface area contributed by atoms with E-state index in [0.717, 1.165) is 46.5 Å². The fourth-order valence-electron chi connectivity index (χ4n) is 1.45. The molecule has 0 aliphatic carbocycles. The van der Waals surface area contributed by atoms with Crippen molar-refractivity contribution in [2.45, 2.75) is 25.7 Å². The standard InChI is InChI=1S/C12H17ClINO/c13-10-5-6-12(11(14)9-10)15-7-3-1-2-4-8-16/h5-6,9,15-16H,1-4,7-8H2. The summed E-state index contributed by atoms with van der Waals surface area (Å²) in [7, 11) is 0. The number of nitrogens with one attached hydrogen (secondary N) is 1. The SMILES string of the molecule is OCCCCCCNc1ccc(Cl)cc1I. The third-order valence-corrected chi connectivity index (χ3v) is 3.46. The lowest BCUT2D eigenvalue weighted by molar-refractivity contribution is 0.283. The maximum atomic E-state index is 8.63. The number of unbranched alkanes of at least 4 members (excludes halogenated alkanes) is 3. The van der Waals surface area contributed by atoms with Gasteiger partial charge >= 0.3 is 0 Å². The summed E-state index contributed by atoms with van der Waals surface area (Å²) in [6.07, 6.45) is 4.32. The molecule has 90 valence electrons. The molecule has 0 aromatic heterocycles. The van der Waals surface area contributed by atoms with Crippen LogP contribution in [0.5, 0.6) is 0 Å². The molecule has 1 aromatic carbocycles. The van der Waals surface area contributed by atoms with Crippen molar-refractivity contribution in [3.63, 3.8) is 0 Å². The van der Waals surface area contributed by atoms with Crippen molar-refractivity contribution in [3.8, 4) is 0 Å². The fraction of sp³-hybridized carbons (Fsp3) is 0.500. The summed E-state index contributed by atoms with van der Waals surface area (Å²) in [4.78, 5) is 0. The molecular formula is C12H17ClINO. The summed E-state index contributed by atoms with van der Waals surface area (Å²) in [6, 6.07) is 5.87. The van der Waals surface area contributed by atoms with Crippen LogP contribution >= 0.6 is 34.2 Å². The van der Waals surface area contributed by atoms with Gasteiger partial charge in [-0.25, -0.2) is 0 Å². The van der Waals surface area contributed by atoms with Gasteiger partial charge in [0.25, 0.3) is 0 Å². The summed E-state index contributed by atoms with van der Waals surface area (Å²) in [5.41, 5.74) is 1.15. The van der Waals surface area contributed by atoms with Crippen molar-refractivity contribution < 1.29 is 5.11 Å². The van der Waals surface area contributed by atoms with Crippen LogP contribution in [-0.2, 0) is 0 Å². The lowest BCUT2D eigenvalue weighted by Gasteiger charge is -2.08. The second kappa shape index (κ2) is 8.14. The van der Waals surface area contributed by atoms with E-state index in [1.807, 2.05) is 18.2 Å². The van der Waals surface area contributed by atoms with Crippen LogP contribution in [0.15, 0.2) is 18.2 Å². The Hall–Kier alpha value is -0.000000000000000111. The van der Waals surface area contributed by atoms with Gasteiger partial charge in [0, 0.05) is 27.4 Å². The van der Waals surface area contributed by atoms with E-state index in [2.05, 4.69) is 27.9 Å². The normalized spacial score (nSPS) is 10.4. The van der Waals surface area contributed by atoms with Crippen LogP contribution < -0.4 is 5.32 Å². The van der Waals surface area contributed by atoms with Gasteiger partial charge in [0.1, 0.15) is 0 Å². The highest BCUT2D eigenvalue weighted by Crippen LogP contribution is 2.22. The minimum atomic E-state index is 0.308. The topological polar surface area (TPSA) is 32.3 Å². The third kappa shape index (κ3) is 5.37. The Labute approximate surface area is 116 Å². The zero-order chi connectivity index (χ0) is 11.8. The second-order valence-corrected chi connectivity index (χ2v) is 5.29. The zero-order valence-corrected chi connectivity index (χ0v) is 12.1. The quantitative estimate of drug-likeness (QED) is 0.575. The van der Waals surface area contributed by atoms with Crippen LogP contribution in [0.3, 0.4) is 0 Å². The van der Waals surface area contributed by atoms with Crippen LogP contribution in [0.1, 0.15) is 25.7 Å². The van der Waals surface area contributed by atoms with Crippen molar-refractivity contribution in [3.05, 3.63) is 26.8 Å². The van der Waals surface area contributed by atoms with Crippen molar-refractivity contribution in [1.82, 2.24) is 0 Å². The molecular weight excluding hydrogens is 336 g/mol. The molecule has 0 aliphatic heterocycles. The number of hydrogen-bond donors (Lipinski definition) is 2. The van der Waals surface area contributed by atoms with Gasteiger partial charge in [-0.3, -0.25) is 0 Å². The number of aliphatic hydroxyl groups is 1. The Morgan fingerprint density at radius 3 is 2.62 bits per heavy atom. The van der Waals surface area contributed by atoms with Gasteiger partial charge in [0.05, 0.1) is 0 Å². The van der Waals surface area contributed by atoms with Gasteiger partial charge in [-0.1, -0.05) is 24.4 Å². The van der Waals surface area contributed by atoms with Crippen molar-refractivity contribution in [2.24, 2.45) is 0 Å². The molecule has 0 atom stereocenters. The average Bonchev–Trinajstić information content (AvgIpc) is 2.26. The number of rotatable bonds is 7.